The Bertz CT molecular complexity index is 455. The maximum Gasteiger partial charge on any atom is 0.162 e. The number of halogens is 1. The Morgan fingerprint density at radius 3 is 2.50 bits per heavy atom. The van der Waals surface area contributed by atoms with E-state index in [-0.39, 0.29) is 5.41 Å². The van der Waals surface area contributed by atoms with Gasteiger partial charge in [-0.1, -0.05) is 29.8 Å². The lowest BCUT2D eigenvalue weighted by atomic mass is 9.97. The van der Waals surface area contributed by atoms with Crippen LogP contribution in [-0.2, 0) is 11.2 Å². The first-order valence-electron chi connectivity index (χ1n) is 6.03. The van der Waals surface area contributed by atoms with Crippen LogP contribution in [0.2, 0.25) is 0 Å². The van der Waals surface area contributed by atoms with Crippen molar-refractivity contribution in [2.45, 2.75) is 26.7 Å². The molecule has 0 N–H and O–H groups in total. The van der Waals surface area contributed by atoms with Crippen LogP contribution in [0.15, 0.2) is 16.6 Å². The zero-order chi connectivity index (χ0) is 13.2. The van der Waals surface area contributed by atoms with E-state index in [4.69, 9.17) is 9.47 Å². The minimum atomic E-state index is 0.00839. The summed E-state index contributed by atoms with van der Waals surface area (Å²) in [5, 5.41) is 0. The summed E-state index contributed by atoms with van der Waals surface area (Å²) in [6.07, 6.45) is 2.16. The summed E-state index contributed by atoms with van der Waals surface area (Å²) in [6.45, 7) is 5.50. The molecule has 0 saturated carbocycles. The van der Waals surface area contributed by atoms with Crippen LogP contribution < -0.4 is 9.47 Å². The molecule has 0 bridgehead atoms. The number of hydrogen-bond acceptors (Lipinski definition) is 3. The minimum absolute atomic E-state index is 0.00839. The van der Waals surface area contributed by atoms with Crippen molar-refractivity contribution >= 4 is 22.2 Å². The maximum atomic E-state index is 10.4. The highest BCUT2D eigenvalue weighted by Gasteiger charge is 2.25. The monoisotopic (exact) mass is 312 g/mol. The molecule has 1 heterocycles. The van der Waals surface area contributed by atoms with Gasteiger partial charge in [-0.2, -0.15) is 0 Å². The predicted molar refractivity (Wildman–Crippen MR) is 73.3 cm³/mol. The lowest BCUT2D eigenvalue weighted by Gasteiger charge is -2.19. The molecule has 1 aliphatic rings. The first kappa shape index (κ1) is 13.4. The van der Waals surface area contributed by atoms with Gasteiger partial charge in [0.2, 0.25) is 0 Å². The molecule has 1 aromatic carbocycles. The molecule has 0 saturated heterocycles. The van der Waals surface area contributed by atoms with E-state index in [1.807, 2.05) is 12.1 Å². The second-order valence-electron chi connectivity index (χ2n) is 5.34. The number of ether oxygens (including phenoxy) is 2. The fourth-order valence-electron chi connectivity index (χ4n) is 1.80. The molecular formula is C14H17BrO3. The van der Waals surface area contributed by atoms with E-state index in [1.54, 1.807) is 0 Å². The van der Waals surface area contributed by atoms with E-state index < -0.39 is 0 Å². The van der Waals surface area contributed by atoms with Gasteiger partial charge in [-0.3, -0.25) is 0 Å². The van der Waals surface area contributed by atoms with Crippen LogP contribution in [0.3, 0.4) is 0 Å². The molecule has 1 aromatic rings. The molecule has 18 heavy (non-hydrogen) atoms. The number of rotatable bonds is 3. The third kappa shape index (κ3) is 3.05. The highest BCUT2D eigenvalue weighted by atomic mass is 79.9. The second kappa shape index (κ2) is 5.31. The van der Waals surface area contributed by atoms with E-state index in [2.05, 4.69) is 29.8 Å². The van der Waals surface area contributed by atoms with Gasteiger partial charge in [-0.25, -0.2) is 0 Å². The summed E-state index contributed by atoms with van der Waals surface area (Å²) in [5.74, 6) is 1.53. The molecule has 2 rings (SSSR count). The number of carbonyl (C=O) groups excluding carboxylic acids is 1. The van der Waals surface area contributed by atoms with Crippen LogP contribution in [0.1, 0.15) is 25.8 Å². The van der Waals surface area contributed by atoms with Crippen molar-refractivity contribution in [2.24, 2.45) is 5.41 Å². The first-order chi connectivity index (χ1) is 8.52. The number of aryl methyl sites for hydroxylation is 1. The lowest BCUT2D eigenvalue weighted by molar-refractivity contribution is -0.107. The minimum Gasteiger partial charge on any atom is -0.489 e. The SMILES string of the molecule is CC1(C)COc2cc(Br)c(CCC=O)cc2OC1. The number of fused-ring (bicyclic) bond motifs is 1. The van der Waals surface area contributed by atoms with E-state index in [0.29, 0.717) is 26.1 Å². The topological polar surface area (TPSA) is 35.5 Å². The predicted octanol–water partition coefficient (Wildman–Crippen LogP) is 3.38. The molecule has 0 fully saturated rings. The van der Waals surface area contributed by atoms with Gasteiger partial charge in [-0.05, 0) is 24.1 Å². The van der Waals surface area contributed by atoms with Crippen LogP contribution in [0.25, 0.3) is 0 Å². The number of benzene rings is 1. The Labute approximate surface area is 116 Å². The van der Waals surface area contributed by atoms with Crippen LogP contribution in [0.4, 0.5) is 0 Å². The average Bonchev–Trinajstić information content (AvgIpc) is 2.46. The smallest absolute Gasteiger partial charge is 0.162 e. The van der Waals surface area contributed by atoms with Gasteiger partial charge in [0.1, 0.15) is 6.29 Å². The quantitative estimate of drug-likeness (QED) is 0.803. The molecule has 0 amide bonds. The normalized spacial score (nSPS) is 17.1. The fraction of sp³-hybridized carbons (Fsp3) is 0.500. The van der Waals surface area contributed by atoms with Crippen molar-refractivity contribution in [3.05, 3.63) is 22.2 Å². The Hall–Kier alpha value is -1.03. The van der Waals surface area contributed by atoms with Crippen molar-refractivity contribution in [3.8, 4) is 11.5 Å². The summed E-state index contributed by atoms with van der Waals surface area (Å²) >= 11 is 3.51. The molecule has 0 aliphatic carbocycles. The third-order valence-corrected chi connectivity index (χ3v) is 3.62. The summed E-state index contributed by atoms with van der Waals surface area (Å²) in [6, 6.07) is 3.89. The van der Waals surface area contributed by atoms with Crippen molar-refractivity contribution in [3.63, 3.8) is 0 Å². The molecule has 0 radical (unpaired) electrons. The standard InChI is InChI=1S/C14H17BrO3/c1-14(2)8-17-12-6-10(4-3-5-16)11(15)7-13(12)18-9-14/h5-7H,3-4,8-9H2,1-2H3. The van der Waals surface area contributed by atoms with Gasteiger partial charge in [-0.15, -0.1) is 0 Å². The lowest BCUT2D eigenvalue weighted by Crippen LogP contribution is -2.26. The highest BCUT2D eigenvalue weighted by molar-refractivity contribution is 9.10. The van der Waals surface area contributed by atoms with Crippen molar-refractivity contribution in [1.82, 2.24) is 0 Å². The molecule has 4 heteroatoms. The number of hydrogen-bond donors (Lipinski definition) is 0. The molecular weight excluding hydrogens is 296 g/mol. The van der Waals surface area contributed by atoms with Crippen LogP contribution in [0.5, 0.6) is 11.5 Å². The summed E-state index contributed by atoms with van der Waals surface area (Å²) in [5.41, 5.74) is 1.08. The zero-order valence-electron chi connectivity index (χ0n) is 10.7. The van der Waals surface area contributed by atoms with E-state index in [9.17, 15) is 4.79 Å². The van der Waals surface area contributed by atoms with Crippen LogP contribution in [-0.4, -0.2) is 19.5 Å². The van der Waals surface area contributed by atoms with Crippen LogP contribution >= 0.6 is 15.9 Å². The molecule has 0 atom stereocenters. The second-order valence-corrected chi connectivity index (χ2v) is 6.19. The van der Waals surface area contributed by atoms with Crippen molar-refractivity contribution < 1.29 is 14.3 Å². The molecule has 0 spiro atoms. The summed E-state index contributed by atoms with van der Waals surface area (Å²) in [4.78, 5) is 10.4. The van der Waals surface area contributed by atoms with Gasteiger partial charge in [0.15, 0.2) is 11.5 Å². The maximum absolute atomic E-state index is 10.4. The Kier molecular flexibility index (Phi) is 3.95. The molecule has 1 aliphatic heterocycles. The third-order valence-electron chi connectivity index (χ3n) is 2.88. The van der Waals surface area contributed by atoms with Gasteiger partial charge < -0.3 is 14.3 Å². The van der Waals surface area contributed by atoms with Crippen LogP contribution in [0, 0.1) is 5.41 Å². The number of aldehydes is 1. The molecule has 98 valence electrons. The first-order valence-corrected chi connectivity index (χ1v) is 6.83. The summed E-state index contributed by atoms with van der Waals surface area (Å²) in [7, 11) is 0. The molecule has 3 nitrogen and oxygen atoms in total. The average molecular weight is 313 g/mol. The highest BCUT2D eigenvalue weighted by Crippen LogP contribution is 2.38. The zero-order valence-corrected chi connectivity index (χ0v) is 12.2. The Balaban J connectivity index is 2.26. The van der Waals surface area contributed by atoms with Gasteiger partial charge in [0.05, 0.1) is 13.2 Å². The van der Waals surface area contributed by atoms with E-state index >= 15 is 0 Å². The molecule has 0 unspecified atom stereocenters. The van der Waals surface area contributed by atoms with Crippen molar-refractivity contribution in [1.29, 1.82) is 0 Å². The molecule has 0 aromatic heterocycles. The Morgan fingerprint density at radius 1 is 1.28 bits per heavy atom. The Morgan fingerprint density at radius 2 is 1.89 bits per heavy atom. The largest absolute Gasteiger partial charge is 0.489 e. The summed E-state index contributed by atoms with van der Waals surface area (Å²) < 4.78 is 12.5. The van der Waals surface area contributed by atoms with Gasteiger partial charge >= 0.3 is 0 Å². The number of carbonyl (C=O) groups is 1. The van der Waals surface area contributed by atoms with Gasteiger partial charge in [0, 0.05) is 16.3 Å². The fourth-order valence-corrected chi connectivity index (χ4v) is 2.32. The van der Waals surface area contributed by atoms with Crippen molar-refractivity contribution in [2.75, 3.05) is 13.2 Å². The van der Waals surface area contributed by atoms with Gasteiger partial charge in [0.25, 0.3) is 0 Å². The van der Waals surface area contributed by atoms with E-state index in [1.165, 1.54) is 0 Å². The van der Waals surface area contributed by atoms with E-state index in [0.717, 1.165) is 27.8 Å².